The number of nitrogens with zero attached hydrogens (tertiary/aromatic N) is 2. The molecule has 122 valence electrons. The summed E-state index contributed by atoms with van der Waals surface area (Å²) in [6.45, 7) is 0.248. The van der Waals surface area contributed by atoms with Gasteiger partial charge in [-0.25, -0.2) is 4.98 Å². The van der Waals surface area contributed by atoms with Crippen molar-refractivity contribution in [2.75, 3.05) is 6.79 Å². The van der Waals surface area contributed by atoms with E-state index >= 15 is 0 Å². The zero-order valence-electron chi connectivity index (χ0n) is 12.9. The van der Waals surface area contributed by atoms with Crippen LogP contribution < -0.4 is 9.47 Å². The number of aromatic nitrogens is 1. The van der Waals surface area contributed by atoms with Gasteiger partial charge in [0.25, 0.3) is 0 Å². The summed E-state index contributed by atoms with van der Waals surface area (Å²) < 4.78 is 11.9. The van der Waals surface area contributed by atoms with E-state index in [0.29, 0.717) is 10.6 Å². The molecule has 2 heterocycles. The second kappa shape index (κ2) is 6.86. The zero-order chi connectivity index (χ0) is 17.2. The van der Waals surface area contributed by atoms with Gasteiger partial charge in [-0.3, -0.25) is 0 Å². The summed E-state index contributed by atoms with van der Waals surface area (Å²) in [4.78, 5) is 4.62. The number of fused-ring (bicyclic) bond motifs is 1. The molecule has 3 aromatic rings. The third kappa shape index (κ3) is 3.38. The molecule has 0 saturated carbocycles. The molecule has 0 atom stereocenters. The highest BCUT2D eigenvalue weighted by atomic mass is 127. The minimum atomic E-state index is 0.248. The van der Waals surface area contributed by atoms with Gasteiger partial charge in [-0.15, -0.1) is 11.3 Å². The smallest absolute Gasteiger partial charge is 0.231 e. The van der Waals surface area contributed by atoms with Crippen LogP contribution in [0.1, 0.15) is 10.6 Å². The van der Waals surface area contributed by atoms with Gasteiger partial charge >= 0.3 is 0 Å². The zero-order valence-corrected chi connectivity index (χ0v) is 15.9. The molecule has 0 bridgehead atoms. The monoisotopic (exact) mass is 458 g/mol. The van der Waals surface area contributed by atoms with E-state index < -0.39 is 0 Å². The van der Waals surface area contributed by atoms with Gasteiger partial charge in [0, 0.05) is 14.5 Å². The third-order valence-electron chi connectivity index (χ3n) is 3.70. The van der Waals surface area contributed by atoms with Crippen LogP contribution in [-0.4, -0.2) is 11.8 Å². The van der Waals surface area contributed by atoms with Crippen molar-refractivity contribution in [1.82, 2.24) is 4.98 Å². The maximum atomic E-state index is 9.51. The molecule has 0 fully saturated rings. The van der Waals surface area contributed by atoms with Gasteiger partial charge in [0.15, 0.2) is 11.5 Å². The minimum absolute atomic E-state index is 0.248. The molecule has 0 amide bonds. The maximum absolute atomic E-state index is 9.51. The normalized spacial score (nSPS) is 12.9. The maximum Gasteiger partial charge on any atom is 0.231 e. The van der Waals surface area contributed by atoms with Crippen molar-refractivity contribution in [3.05, 3.63) is 62.0 Å². The molecule has 0 radical (unpaired) electrons. The lowest BCUT2D eigenvalue weighted by molar-refractivity contribution is 0.174. The van der Waals surface area contributed by atoms with Crippen molar-refractivity contribution in [1.29, 1.82) is 5.26 Å². The first-order valence-corrected chi connectivity index (χ1v) is 9.42. The Kier molecular flexibility index (Phi) is 4.42. The SMILES string of the molecule is N#CC(=Cc1ccc(I)cc1)c1nc(-c2ccc3c(c2)OCO3)cs1. The second-order valence-electron chi connectivity index (χ2n) is 5.33. The van der Waals surface area contributed by atoms with Gasteiger partial charge in [-0.2, -0.15) is 5.26 Å². The van der Waals surface area contributed by atoms with E-state index in [-0.39, 0.29) is 6.79 Å². The van der Waals surface area contributed by atoms with Crippen LogP contribution in [0.5, 0.6) is 11.5 Å². The molecule has 6 heteroatoms. The van der Waals surface area contributed by atoms with E-state index in [1.807, 2.05) is 53.9 Å². The lowest BCUT2D eigenvalue weighted by atomic mass is 10.1. The van der Waals surface area contributed by atoms with Gasteiger partial charge in [0.2, 0.25) is 6.79 Å². The number of rotatable bonds is 3. The quantitative estimate of drug-likeness (QED) is 0.400. The van der Waals surface area contributed by atoms with Gasteiger partial charge in [-0.05, 0) is 64.6 Å². The average molecular weight is 458 g/mol. The van der Waals surface area contributed by atoms with E-state index in [1.165, 1.54) is 11.3 Å². The Hall–Kier alpha value is -2.37. The molecule has 0 N–H and O–H groups in total. The van der Waals surface area contributed by atoms with E-state index in [0.717, 1.165) is 31.9 Å². The van der Waals surface area contributed by atoms with Crippen LogP contribution in [0.4, 0.5) is 0 Å². The molecule has 2 aromatic carbocycles. The first kappa shape index (κ1) is 16.1. The lowest BCUT2D eigenvalue weighted by Gasteiger charge is -1.99. The predicted molar refractivity (Wildman–Crippen MR) is 106 cm³/mol. The Morgan fingerprint density at radius 1 is 1.16 bits per heavy atom. The number of hydrogen-bond donors (Lipinski definition) is 0. The lowest BCUT2D eigenvalue weighted by Crippen LogP contribution is -1.92. The van der Waals surface area contributed by atoms with Gasteiger partial charge < -0.3 is 9.47 Å². The molecular weight excluding hydrogens is 447 g/mol. The van der Waals surface area contributed by atoms with Crippen LogP contribution in [0.15, 0.2) is 47.8 Å². The fourth-order valence-corrected chi connectivity index (χ4v) is 3.61. The number of ether oxygens (including phenoxy) is 2. The van der Waals surface area contributed by atoms with Crippen LogP contribution in [0.3, 0.4) is 0 Å². The minimum Gasteiger partial charge on any atom is -0.454 e. The molecule has 4 nitrogen and oxygen atoms in total. The molecule has 1 aliphatic heterocycles. The first-order valence-electron chi connectivity index (χ1n) is 7.46. The van der Waals surface area contributed by atoms with E-state index in [2.05, 4.69) is 33.6 Å². The molecule has 25 heavy (non-hydrogen) atoms. The van der Waals surface area contributed by atoms with Crippen LogP contribution >= 0.6 is 33.9 Å². The van der Waals surface area contributed by atoms with Crippen molar-refractivity contribution in [3.63, 3.8) is 0 Å². The van der Waals surface area contributed by atoms with Gasteiger partial charge in [-0.1, -0.05) is 12.1 Å². The number of hydrogen-bond acceptors (Lipinski definition) is 5. The molecule has 0 aliphatic carbocycles. The second-order valence-corrected chi connectivity index (χ2v) is 7.43. The topological polar surface area (TPSA) is 55.1 Å². The van der Waals surface area contributed by atoms with E-state index in [9.17, 15) is 5.26 Å². The van der Waals surface area contributed by atoms with Crippen molar-refractivity contribution < 1.29 is 9.47 Å². The van der Waals surface area contributed by atoms with E-state index in [4.69, 9.17) is 9.47 Å². The highest BCUT2D eigenvalue weighted by molar-refractivity contribution is 14.1. The van der Waals surface area contributed by atoms with Crippen LogP contribution in [0.2, 0.25) is 0 Å². The highest BCUT2D eigenvalue weighted by Gasteiger charge is 2.15. The first-order chi connectivity index (χ1) is 12.2. The molecular formula is C19H11IN2O2S. The Bertz CT molecular complexity index is 1000. The van der Waals surface area contributed by atoms with Gasteiger partial charge in [0.1, 0.15) is 11.1 Å². The summed E-state index contributed by atoms with van der Waals surface area (Å²) in [6, 6.07) is 16.0. The van der Waals surface area contributed by atoms with Crippen LogP contribution in [-0.2, 0) is 0 Å². The van der Waals surface area contributed by atoms with Gasteiger partial charge in [0.05, 0.1) is 11.3 Å². The standard InChI is InChI=1S/C19H11IN2O2S/c20-15-4-1-12(2-5-15)7-14(9-21)19-22-16(10-25-19)13-3-6-17-18(8-13)24-11-23-17/h1-8,10H,11H2. The number of benzene rings is 2. The Labute approximate surface area is 162 Å². The summed E-state index contributed by atoms with van der Waals surface area (Å²) in [5, 5.41) is 12.2. The molecule has 4 rings (SSSR count). The number of thiazole rings is 1. The highest BCUT2D eigenvalue weighted by Crippen LogP contribution is 2.36. The Morgan fingerprint density at radius 3 is 2.76 bits per heavy atom. The Morgan fingerprint density at radius 2 is 1.96 bits per heavy atom. The van der Waals surface area contributed by atoms with E-state index in [1.54, 1.807) is 0 Å². The summed E-state index contributed by atoms with van der Waals surface area (Å²) >= 11 is 3.72. The van der Waals surface area contributed by atoms with Crippen molar-refractivity contribution >= 4 is 45.6 Å². The number of halogens is 1. The average Bonchev–Trinajstić information content (AvgIpc) is 3.30. The Balaban J connectivity index is 1.65. The largest absolute Gasteiger partial charge is 0.454 e. The molecule has 0 saturated heterocycles. The summed E-state index contributed by atoms with van der Waals surface area (Å²) in [6.07, 6.45) is 1.86. The van der Waals surface area contributed by atoms with Crippen molar-refractivity contribution in [3.8, 4) is 28.8 Å². The third-order valence-corrected chi connectivity index (χ3v) is 5.30. The predicted octanol–water partition coefficient (Wildman–Crippen LogP) is 5.21. The van der Waals surface area contributed by atoms with Crippen LogP contribution in [0, 0.1) is 14.9 Å². The van der Waals surface area contributed by atoms with Crippen molar-refractivity contribution in [2.24, 2.45) is 0 Å². The molecule has 1 aliphatic rings. The molecule has 0 spiro atoms. The molecule has 0 unspecified atom stereocenters. The summed E-state index contributed by atoms with van der Waals surface area (Å²) in [5.41, 5.74) is 3.30. The molecule has 1 aromatic heterocycles. The fourth-order valence-electron chi connectivity index (χ4n) is 2.45. The van der Waals surface area contributed by atoms with Crippen molar-refractivity contribution in [2.45, 2.75) is 0 Å². The number of nitriles is 1. The van der Waals surface area contributed by atoms with Crippen LogP contribution in [0.25, 0.3) is 22.9 Å². The number of allylic oxidation sites excluding steroid dienone is 1. The summed E-state index contributed by atoms with van der Waals surface area (Å²) in [5.74, 6) is 1.47. The summed E-state index contributed by atoms with van der Waals surface area (Å²) in [7, 11) is 0. The fraction of sp³-hybridized carbons (Fsp3) is 0.0526.